The van der Waals surface area contributed by atoms with E-state index in [0.717, 1.165) is 12.5 Å². The van der Waals surface area contributed by atoms with E-state index in [4.69, 9.17) is 0 Å². The Morgan fingerprint density at radius 2 is 2.47 bits per heavy atom. The Morgan fingerprint density at radius 1 is 1.60 bits per heavy atom. The minimum Gasteiger partial charge on any atom is -0.297 e. The van der Waals surface area contributed by atoms with E-state index in [1.807, 2.05) is 11.3 Å². The van der Waals surface area contributed by atoms with Gasteiger partial charge in [0.2, 0.25) is 0 Å². The molecule has 1 nitrogen and oxygen atoms in total. The van der Waals surface area contributed by atoms with Crippen LogP contribution in [0.15, 0.2) is 15.9 Å². The third kappa shape index (κ3) is 3.77. The fourth-order valence-corrected chi connectivity index (χ4v) is 4.42. The van der Waals surface area contributed by atoms with Crippen LogP contribution in [0.3, 0.4) is 0 Å². The second-order valence-electron chi connectivity index (χ2n) is 4.15. The van der Waals surface area contributed by atoms with Gasteiger partial charge in [-0.2, -0.15) is 11.8 Å². The summed E-state index contributed by atoms with van der Waals surface area (Å²) in [6.07, 6.45) is 0. The Morgan fingerprint density at radius 3 is 3.20 bits per heavy atom. The summed E-state index contributed by atoms with van der Waals surface area (Å²) in [6.45, 7) is 5.98. The van der Waals surface area contributed by atoms with E-state index in [0.29, 0.717) is 0 Å². The molecule has 1 aliphatic heterocycles. The van der Waals surface area contributed by atoms with Gasteiger partial charge >= 0.3 is 0 Å². The molecule has 0 bridgehead atoms. The monoisotopic (exact) mass is 305 g/mol. The molecular formula is C11H16BrNS2. The highest BCUT2D eigenvalue weighted by molar-refractivity contribution is 9.10. The predicted octanol–water partition coefficient (Wildman–Crippen LogP) is 3.70. The maximum Gasteiger partial charge on any atom is 0.0328 e. The molecule has 0 saturated carbocycles. The molecule has 0 spiro atoms. The molecule has 1 aromatic heterocycles. The summed E-state index contributed by atoms with van der Waals surface area (Å²) in [5.74, 6) is 3.45. The molecule has 1 atom stereocenters. The average molecular weight is 306 g/mol. The van der Waals surface area contributed by atoms with E-state index in [-0.39, 0.29) is 0 Å². The Labute approximate surface area is 108 Å². The molecule has 1 aromatic rings. The van der Waals surface area contributed by atoms with Crippen LogP contribution < -0.4 is 0 Å². The summed E-state index contributed by atoms with van der Waals surface area (Å²) >= 11 is 7.46. The van der Waals surface area contributed by atoms with Gasteiger partial charge in [0, 0.05) is 40.1 Å². The van der Waals surface area contributed by atoms with Gasteiger partial charge in [-0.25, -0.2) is 0 Å². The van der Waals surface area contributed by atoms with Crippen molar-refractivity contribution in [2.45, 2.75) is 13.5 Å². The van der Waals surface area contributed by atoms with Crippen LogP contribution in [0.4, 0.5) is 0 Å². The SMILES string of the molecule is CC1CSCCN(Cc2cc(Br)cs2)C1. The first-order chi connectivity index (χ1) is 7.24. The third-order valence-electron chi connectivity index (χ3n) is 2.53. The number of halogens is 1. The largest absolute Gasteiger partial charge is 0.297 e. The van der Waals surface area contributed by atoms with Crippen molar-refractivity contribution in [1.29, 1.82) is 0 Å². The summed E-state index contributed by atoms with van der Waals surface area (Å²) in [7, 11) is 0. The summed E-state index contributed by atoms with van der Waals surface area (Å²) in [5.41, 5.74) is 0. The van der Waals surface area contributed by atoms with Gasteiger partial charge in [0.1, 0.15) is 0 Å². The zero-order valence-electron chi connectivity index (χ0n) is 8.91. The van der Waals surface area contributed by atoms with Gasteiger partial charge in [0.15, 0.2) is 0 Å². The Balaban J connectivity index is 1.92. The zero-order chi connectivity index (χ0) is 10.7. The van der Waals surface area contributed by atoms with Gasteiger partial charge in [-0.05, 0) is 33.7 Å². The van der Waals surface area contributed by atoms with Crippen molar-refractivity contribution in [3.05, 3.63) is 20.8 Å². The van der Waals surface area contributed by atoms with Crippen molar-refractivity contribution in [1.82, 2.24) is 4.90 Å². The van der Waals surface area contributed by atoms with Gasteiger partial charge in [0.25, 0.3) is 0 Å². The van der Waals surface area contributed by atoms with Crippen LogP contribution in [-0.2, 0) is 6.54 Å². The molecule has 0 N–H and O–H groups in total. The van der Waals surface area contributed by atoms with Crippen LogP contribution in [0.5, 0.6) is 0 Å². The molecule has 0 aromatic carbocycles. The smallest absolute Gasteiger partial charge is 0.0328 e. The summed E-state index contributed by atoms with van der Waals surface area (Å²) in [4.78, 5) is 4.06. The molecule has 1 fully saturated rings. The molecule has 0 amide bonds. The minimum absolute atomic E-state index is 0.834. The van der Waals surface area contributed by atoms with Crippen molar-refractivity contribution in [2.24, 2.45) is 5.92 Å². The molecule has 1 unspecified atom stereocenters. The maximum atomic E-state index is 3.51. The molecule has 2 heterocycles. The molecule has 1 saturated heterocycles. The molecule has 4 heteroatoms. The van der Waals surface area contributed by atoms with E-state index in [9.17, 15) is 0 Å². The van der Waals surface area contributed by atoms with Crippen molar-refractivity contribution >= 4 is 39.0 Å². The Hall–Kier alpha value is 0.490. The topological polar surface area (TPSA) is 3.24 Å². The molecule has 0 aliphatic carbocycles. The van der Waals surface area contributed by atoms with Gasteiger partial charge in [-0.1, -0.05) is 6.92 Å². The normalized spacial score (nSPS) is 24.0. The molecule has 1 aliphatic rings. The van der Waals surface area contributed by atoms with Crippen LogP contribution in [-0.4, -0.2) is 29.5 Å². The highest BCUT2D eigenvalue weighted by Crippen LogP contribution is 2.23. The first-order valence-corrected chi connectivity index (χ1v) is 8.10. The lowest BCUT2D eigenvalue weighted by Gasteiger charge is -2.20. The second kappa shape index (κ2) is 5.71. The second-order valence-corrected chi connectivity index (χ2v) is 7.21. The standard InChI is InChI=1S/C11H16BrNS2/c1-9-5-13(2-3-14-7-9)6-11-4-10(12)8-15-11/h4,8-9H,2-3,5-7H2,1H3. The Kier molecular flexibility index (Phi) is 4.55. The van der Waals surface area contributed by atoms with E-state index in [2.05, 4.69) is 51.0 Å². The van der Waals surface area contributed by atoms with Crippen molar-refractivity contribution < 1.29 is 0 Å². The molecule has 15 heavy (non-hydrogen) atoms. The quantitative estimate of drug-likeness (QED) is 0.820. The van der Waals surface area contributed by atoms with Crippen molar-refractivity contribution in [2.75, 3.05) is 24.6 Å². The van der Waals surface area contributed by atoms with E-state index < -0.39 is 0 Å². The lowest BCUT2D eigenvalue weighted by molar-refractivity contribution is 0.259. The van der Waals surface area contributed by atoms with Gasteiger partial charge in [-0.15, -0.1) is 11.3 Å². The average Bonchev–Trinajstić information content (AvgIpc) is 2.46. The molecular weight excluding hydrogens is 290 g/mol. The zero-order valence-corrected chi connectivity index (χ0v) is 12.1. The number of nitrogens with zero attached hydrogens (tertiary/aromatic N) is 1. The van der Waals surface area contributed by atoms with E-state index in [1.165, 1.54) is 33.9 Å². The lowest BCUT2D eigenvalue weighted by atomic mass is 10.2. The summed E-state index contributed by atoms with van der Waals surface area (Å²) in [6, 6.07) is 2.24. The highest BCUT2D eigenvalue weighted by atomic mass is 79.9. The number of rotatable bonds is 2. The lowest BCUT2D eigenvalue weighted by Crippen LogP contribution is -2.28. The Bertz CT molecular complexity index is 313. The summed E-state index contributed by atoms with van der Waals surface area (Å²) in [5, 5.41) is 2.17. The van der Waals surface area contributed by atoms with Gasteiger partial charge in [-0.3, -0.25) is 4.90 Å². The van der Waals surface area contributed by atoms with Gasteiger partial charge < -0.3 is 0 Å². The van der Waals surface area contributed by atoms with Crippen molar-refractivity contribution in [3.63, 3.8) is 0 Å². The van der Waals surface area contributed by atoms with Crippen LogP contribution in [0, 0.1) is 5.92 Å². The van der Waals surface area contributed by atoms with Crippen LogP contribution in [0.1, 0.15) is 11.8 Å². The van der Waals surface area contributed by atoms with Crippen molar-refractivity contribution in [3.8, 4) is 0 Å². The van der Waals surface area contributed by atoms with E-state index >= 15 is 0 Å². The first-order valence-electron chi connectivity index (χ1n) is 5.27. The third-order valence-corrected chi connectivity index (χ3v) is 5.48. The van der Waals surface area contributed by atoms with Crippen LogP contribution in [0.2, 0.25) is 0 Å². The maximum absolute atomic E-state index is 3.51. The summed E-state index contributed by atoms with van der Waals surface area (Å²) < 4.78 is 1.22. The molecule has 84 valence electrons. The first kappa shape index (κ1) is 12.0. The van der Waals surface area contributed by atoms with Crippen LogP contribution >= 0.6 is 39.0 Å². The van der Waals surface area contributed by atoms with E-state index in [1.54, 1.807) is 0 Å². The van der Waals surface area contributed by atoms with Gasteiger partial charge in [0.05, 0.1) is 0 Å². The number of thioether (sulfide) groups is 1. The fourth-order valence-electron chi connectivity index (χ4n) is 1.86. The van der Waals surface area contributed by atoms with Crippen LogP contribution in [0.25, 0.3) is 0 Å². The minimum atomic E-state index is 0.834. The number of hydrogen-bond donors (Lipinski definition) is 0. The highest BCUT2D eigenvalue weighted by Gasteiger charge is 2.15. The molecule has 0 radical (unpaired) electrons. The fraction of sp³-hybridized carbons (Fsp3) is 0.636. The number of hydrogen-bond acceptors (Lipinski definition) is 3. The number of thiophene rings is 1. The predicted molar refractivity (Wildman–Crippen MR) is 73.8 cm³/mol. The molecule has 2 rings (SSSR count).